The normalized spacial score (nSPS) is 22.8. The third-order valence-corrected chi connectivity index (χ3v) is 4.82. The maximum absolute atomic E-state index is 12.0. The van der Waals surface area contributed by atoms with Crippen LogP contribution >= 0.6 is 0 Å². The minimum Gasteiger partial charge on any atom is -0.490 e. The summed E-state index contributed by atoms with van der Waals surface area (Å²) in [6.07, 6.45) is 1.90. The van der Waals surface area contributed by atoms with E-state index in [0.29, 0.717) is 12.1 Å². The van der Waals surface area contributed by atoms with Gasteiger partial charge in [-0.3, -0.25) is 9.78 Å². The van der Waals surface area contributed by atoms with Crippen LogP contribution in [0.2, 0.25) is 0 Å². The Morgan fingerprint density at radius 2 is 2.15 bits per heavy atom. The number of nitrogen functional groups attached to an aromatic ring is 1. The smallest absolute Gasteiger partial charge is 0.280 e. The zero-order valence-electron chi connectivity index (χ0n) is 14.0. The molecule has 1 aliphatic rings. The summed E-state index contributed by atoms with van der Waals surface area (Å²) in [5, 5.41) is 9.85. The molecular weight excluding hydrogens is 334 g/mol. The van der Waals surface area contributed by atoms with E-state index in [9.17, 15) is 9.90 Å². The Labute approximate surface area is 149 Å². The summed E-state index contributed by atoms with van der Waals surface area (Å²) in [6, 6.07) is 9.26. The number of ether oxygens (including phenoxy) is 1. The number of aromatic nitrogens is 4. The molecule has 2 aromatic heterocycles. The average molecular weight is 353 g/mol. The SMILES string of the molecule is C=C1[C@H](CO)[C@@H](Oc2ccccc2)C[C@@H]1n1cnc2c(=O)[nH]c(N)nc21. The van der Waals surface area contributed by atoms with Crippen LogP contribution in [0.25, 0.3) is 11.2 Å². The molecule has 0 spiro atoms. The van der Waals surface area contributed by atoms with Gasteiger partial charge in [0.15, 0.2) is 11.2 Å². The molecule has 1 aliphatic carbocycles. The van der Waals surface area contributed by atoms with Crippen LogP contribution < -0.4 is 16.0 Å². The van der Waals surface area contributed by atoms with Gasteiger partial charge in [-0.05, 0) is 17.7 Å². The molecule has 1 saturated carbocycles. The van der Waals surface area contributed by atoms with Gasteiger partial charge in [0.2, 0.25) is 5.95 Å². The molecule has 0 amide bonds. The fourth-order valence-electron chi connectivity index (χ4n) is 3.52. The first kappa shape index (κ1) is 16.3. The quantitative estimate of drug-likeness (QED) is 0.608. The largest absolute Gasteiger partial charge is 0.490 e. The van der Waals surface area contributed by atoms with Crippen molar-refractivity contribution in [3.8, 4) is 5.75 Å². The summed E-state index contributed by atoms with van der Waals surface area (Å²) in [4.78, 5) is 22.8. The highest BCUT2D eigenvalue weighted by atomic mass is 16.5. The van der Waals surface area contributed by atoms with E-state index < -0.39 is 0 Å². The number of para-hydroxylation sites is 1. The molecule has 0 bridgehead atoms. The Bertz CT molecular complexity index is 1010. The molecule has 0 saturated heterocycles. The van der Waals surface area contributed by atoms with E-state index in [2.05, 4.69) is 21.5 Å². The number of hydrogen-bond donors (Lipinski definition) is 3. The predicted molar refractivity (Wildman–Crippen MR) is 96.8 cm³/mol. The fourth-order valence-corrected chi connectivity index (χ4v) is 3.52. The van der Waals surface area contributed by atoms with Crippen LogP contribution in [0.15, 0.2) is 53.6 Å². The lowest BCUT2D eigenvalue weighted by molar-refractivity contribution is 0.121. The molecule has 8 nitrogen and oxygen atoms in total. The fraction of sp³-hybridized carbons (Fsp3) is 0.278. The summed E-state index contributed by atoms with van der Waals surface area (Å²) in [6.45, 7) is 4.08. The minimum atomic E-state index is -0.384. The molecule has 0 radical (unpaired) electrons. The minimum absolute atomic E-state index is 0.0312. The molecule has 3 aromatic rings. The highest BCUT2D eigenvalue weighted by molar-refractivity contribution is 5.71. The van der Waals surface area contributed by atoms with Gasteiger partial charge in [0.05, 0.1) is 19.0 Å². The topological polar surface area (TPSA) is 119 Å². The van der Waals surface area contributed by atoms with E-state index in [4.69, 9.17) is 10.5 Å². The number of imidazole rings is 1. The zero-order chi connectivity index (χ0) is 18.3. The molecule has 4 rings (SSSR count). The van der Waals surface area contributed by atoms with Crippen molar-refractivity contribution in [2.24, 2.45) is 5.92 Å². The van der Waals surface area contributed by atoms with Gasteiger partial charge < -0.3 is 20.1 Å². The van der Waals surface area contributed by atoms with Crippen molar-refractivity contribution in [3.05, 3.63) is 59.2 Å². The second-order valence-corrected chi connectivity index (χ2v) is 6.36. The van der Waals surface area contributed by atoms with E-state index >= 15 is 0 Å². The zero-order valence-corrected chi connectivity index (χ0v) is 14.0. The van der Waals surface area contributed by atoms with E-state index in [1.54, 1.807) is 10.9 Å². The lowest BCUT2D eigenvalue weighted by atomic mass is 10.0. The average Bonchev–Trinajstić information content (AvgIpc) is 3.17. The van der Waals surface area contributed by atoms with Crippen LogP contribution in [0.5, 0.6) is 5.75 Å². The number of aromatic amines is 1. The Kier molecular flexibility index (Phi) is 3.96. The Balaban J connectivity index is 1.69. The second-order valence-electron chi connectivity index (χ2n) is 6.36. The van der Waals surface area contributed by atoms with Gasteiger partial charge in [0, 0.05) is 12.3 Å². The summed E-state index contributed by atoms with van der Waals surface area (Å²) >= 11 is 0. The monoisotopic (exact) mass is 353 g/mol. The van der Waals surface area contributed by atoms with E-state index in [-0.39, 0.29) is 41.7 Å². The lowest BCUT2D eigenvalue weighted by Gasteiger charge is -2.19. The number of rotatable bonds is 4. The first-order chi connectivity index (χ1) is 12.6. The number of benzene rings is 1. The van der Waals surface area contributed by atoms with Crippen molar-refractivity contribution in [3.63, 3.8) is 0 Å². The molecular formula is C18H19N5O3. The van der Waals surface area contributed by atoms with Gasteiger partial charge in [-0.25, -0.2) is 4.98 Å². The van der Waals surface area contributed by atoms with Crippen molar-refractivity contribution >= 4 is 17.1 Å². The van der Waals surface area contributed by atoms with Crippen molar-refractivity contribution in [1.29, 1.82) is 0 Å². The Morgan fingerprint density at radius 3 is 2.88 bits per heavy atom. The highest BCUT2D eigenvalue weighted by Gasteiger charge is 2.40. The van der Waals surface area contributed by atoms with Gasteiger partial charge in [-0.1, -0.05) is 24.8 Å². The van der Waals surface area contributed by atoms with E-state index in [0.717, 1.165) is 11.3 Å². The molecule has 26 heavy (non-hydrogen) atoms. The first-order valence-corrected chi connectivity index (χ1v) is 8.32. The molecule has 1 fully saturated rings. The molecule has 1 aromatic carbocycles. The second kappa shape index (κ2) is 6.30. The molecule has 8 heteroatoms. The van der Waals surface area contributed by atoms with Crippen molar-refractivity contribution < 1.29 is 9.84 Å². The predicted octanol–water partition coefficient (Wildman–Crippen LogP) is 1.26. The summed E-state index contributed by atoms with van der Waals surface area (Å²) in [5.41, 5.74) is 6.72. The third kappa shape index (κ3) is 2.64. The van der Waals surface area contributed by atoms with Crippen molar-refractivity contribution in [2.75, 3.05) is 12.3 Å². The highest BCUT2D eigenvalue weighted by Crippen LogP contribution is 2.41. The van der Waals surface area contributed by atoms with Gasteiger partial charge in [0.1, 0.15) is 11.9 Å². The van der Waals surface area contributed by atoms with Gasteiger partial charge in [0.25, 0.3) is 5.56 Å². The summed E-state index contributed by atoms with van der Waals surface area (Å²) < 4.78 is 7.85. The summed E-state index contributed by atoms with van der Waals surface area (Å²) in [7, 11) is 0. The number of aliphatic hydroxyl groups excluding tert-OH is 1. The van der Waals surface area contributed by atoms with Crippen LogP contribution in [0.4, 0.5) is 5.95 Å². The van der Waals surface area contributed by atoms with Crippen LogP contribution in [0.1, 0.15) is 12.5 Å². The number of fused-ring (bicyclic) bond motifs is 1. The number of anilines is 1. The van der Waals surface area contributed by atoms with Crippen LogP contribution in [-0.2, 0) is 0 Å². The number of aliphatic hydroxyl groups is 1. The van der Waals surface area contributed by atoms with E-state index in [1.165, 1.54) is 0 Å². The maximum atomic E-state index is 12.0. The molecule has 0 aliphatic heterocycles. The third-order valence-electron chi connectivity index (χ3n) is 4.82. The van der Waals surface area contributed by atoms with Crippen LogP contribution in [0.3, 0.4) is 0 Å². The van der Waals surface area contributed by atoms with Gasteiger partial charge >= 0.3 is 0 Å². The van der Waals surface area contributed by atoms with E-state index in [1.807, 2.05) is 30.3 Å². The first-order valence-electron chi connectivity index (χ1n) is 8.32. The lowest BCUT2D eigenvalue weighted by Crippen LogP contribution is -2.24. The standard InChI is InChI=1S/C18H19N5O3/c1-10-12(8-24)14(26-11-5-3-2-4-6-11)7-13(10)23-9-20-15-16(23)21-18(19)22-17(15)25/h2-6,9,12-14,24H,1,7-8H2,(H3,19,21,22,25)/t12-,13-,14-/m0/s1. The maximum Gasteiger partial charge on any atom is 0.280 e. The van der Waals surface area contributed by atoms with Gasteiger partial charge in [-0.2, -0.15) is 4.98 Å². The Hall–Kier alpha value is -3.13. The number of nitrogens with zero attached hydrogens (tertiary/aromatic N) is 3. The summed E-state index contributed by atoms with van der Waals surface area (Å²) in [5.74, 6) is 0.541. The van der Waals surface area contributed by atoms with Crippen LogP contribution in [-0.4, -0.2) is 37.3 Å². The van der Waals surface area contributed by atoms with Gasteiger partial charge in [-0.15, -0.1) is 0 Å². The van der Waals surface area contributed by atoms with Crippen molar-refractivity contribution in [1.82, 2.24) is 19.5 Å². The molecule has 3 atom stereocenters. The molecule has 134 valence electrons. The number of hydrogen-bond acceptors (Lipinski definition) is 6. The number of nitrogens with two attached hydrogens (primary N) is 1. The van der Waals surface area contributed by atoms with Crippen LogP contribution in [0, 0.1) is 5.92 Å². The molecule has 2 heterocycles. The molecule has 0 unspecified atom stereocenters. The number of nitrogens with one attached hydrogen (secondary N) is 1. The molecule has 4 N–H and O–H groups in total. The Morgan fingerprint density at radius 1 is 1.38 bits per heavy atom. The number of H-pyrrole nitrogens is 1. The van der Waals surface area contributed by atoms with Crippen molar-refractivity contribution in [2.45, 2.75) is 18.6 Å².